The summed E-state index contributed by atoms with van der Waals surface area (Å²) >= 11 is 0. The predicted molar refractivity (Wildman–Crippen MR) is 68.6 cm³/mol. The van der Waals surface area contributed by atoms with Crippen molar-refractivity contribution in [2.75, 3.05) is 13.1 Å². The molecule has 0 radical (unpaired) electrons. The van der Waals surface area contributed by atoms with Crippen LogP contribution in [0.25, 0.3) is 0 Å². The minimum atomic E-state index is -4.13. The summed E-state index contributed by atoms with van der Waals surface area (Å²) in [5, 5.41) is 3.24. The summed E-state index contributed by atoms with van der Waals surface area (Å²) in [6.07, 6.45) is -3.41. The molecule has 1 aliphatic heterocycles. The van der Waals surface area contributed by atoms with E-state index >= 15 is 0 Å². The summed E-state index contributed by atoms with van der Waals surface area (Å²) in [4.78, 5) is 1.46. The van der Waals surface area contributed by atoms with Crippen molar-refractivity contribution in [2.45, 2.75) is 39.2 Å². The van der Waals surface area contributed by atoms with E-state index in [0.717, 1.165) is 25.1 Å². The lowest BCUT2D eigenvalue weighted by Crippen LogP contribution is -2.34. The maximum absolute atomic E-state index is 12.5. The van der Waals surface area contributed by atoms with Crippen LogP contribution in [0.4, 0.5) is 13.2 Å². The summed E-state index contributed by atoms with van der Waals surface area (Å²) < 4.78 is 37.5. The molecule has 0 spiro atoms. The highest BCUT2D eigenvalue weighted by Gasteiger charge is 2.30. The first-order valence-corrected chi connectivity index (χ1v) is 6.58. The summed E-state index contributed by atoms with van der Waals surface area (Å²) in [5.74, 6) is 0. The Hall–Kier alpha value is -1.07. The first-order valence-electron chi connectivity index (χ1n) is 6.58. The van der Waals surface area contributed by atoms with Crippen molar-refractivity contribution in [3.8, 4) is 0 Å². The lowest BCUT2D eigenvalue weighted by atomic mass is 10.1. The number of benzene rings is 1. The molecule has 106 valence electrons. The SMILES string of the molecule is CCCN(Cc1ccc2c(c1)CNC2)CC(F)(F)F. The molecule has 0 saturated carbocycles. The van der Waals surface area contributed by atoms with Gasteiger partial charge in [-0.05, 0) is 29.7 Å². The van der Waals surface area contributed by atoms with Gasteiger partial charge in [-0.3, -0.25) is 4.90 Å². The molecule has 1 aromatic carbocycles. The van der Waals surface area contributed by atoms with Crippen LogP contribution in [0.2, 0.25) is 0 Å². The second kappa shape index (κ2) is 5.92. The third-order valence-corrected chi connectivity index (χ3v) is 3.25. The molecular weight excluding hydrogens is 253 g/mol. The van der Waals surface area contributed by atoms with Crippen LogP contribution < -0.4 is 5.32 Å². The maximum atomic E-state index is 12.5. The van der Waals surface area contributed by atoms with Gasteiger partial charge in [0.1, 0.15) is 0 Å². The van der Waals surface area contributed by atoms with Crippen LogP contribution in [-0.4, -0.2) is 24.2 Å². The number of halogens is 3. The third kappa shape index (κ3) is 4.21. The maximum Gasteiger partial charge on any atom is 0.401 e. The molecule has 0 unspecified atom stereocenters. The van der Waals surface area contributed by atoms with Gasteiger partial charge in [0.05, 0.1) is 6.54 Å². The first-order chi connectivity index (χ1) is 8.98. The van der Waals surface area contributed by atoms with E-state index < -0.39 is 12.7 Å². The van der Waals surface area contributed by atoms with Crippen molar-refractivity contribution in [1.82, 2.24) is 10.2 Å². The molecule has 0 amide bonds. The molecule has 1 aliphatic rings. The number of rotatable bonds is 5. The molecule has 1 N–H and O–H groups in total. The standard InChI is InChI=1S/C14H19F3N2/c1-2-5-19(10-14(15,16)17)9-11-3-4-12-7-18-8-13(12)6-11/h3-4,6,18H,2,5,7-10H2,1H3. The second-order valence-electron chi connectivity index (χ2n) is 5.03. The number of nitrogens with one attached hydrogen (secondary N) is 1. The van der Waals surface area contributed by atoms with Crippen molar-refractivity contribution >= 4 is 0 Å². The van der Waals surface area contributed by atoms with Crippen LogP contribution in [0.1, 0.15) is 30.0 Å². The zero-order chi connectivity index (χ0) is 13.9. The molecule has 1 aromatic rings. The minimum Gasteiger partial charge on any atom is -0.309 e. The van der Waals surface area contributed by atoms with Crippen LogP contribution in [-0.2, 0) is 19.6 Å². The Morgan fingerprint density at radius 1 is 1.21 bits per heavy atom. The largest absolute Gasteiger partial charge is 0.401 e. The first kappa shape index (κ1) is 14.3. The van der Waals surface area contributed by atoms with Crippen LogP contribution in [0.15, 0.2) is 18.2 Å². The van der Waals surface area contributed by atoms with Gasteiger partial charge in [-0.25, -0.2) is 0 Å². The Morgan fingerprint density at radius 3 is 2.63 bits per heavy atom. The van der Waals surface area contributed by atoms with E-state index in [1.807, 2.05) is 25.1 Å². The Labute approximate surface area is 111 Å². The minimum absolute atomic E-state index is 0.362. The van der Waals surface area contributed by atoms with Gasteiger partial charge in [-0.15, -0.1) is 0 Å². The van der Waals surface area contributed by atoms with E-state index in [1.54, 1.807) is 0 Å². The number of fused-ring (bicyclic) bond motifs is 1. The van der Waals surface area contributed by atoms with E-state index in [-0.39, 0.29) is 0 Å². The number of hydrogen-bond acceptors (Lipinski definition) is 2. The summed E-state index contributed by atoms with van der Waals surface area (Å²) in [6, 6.07) is 5.97. The van der Waals surface area contributed by atoms with Crippen LogP contribution in [0.3, 0.4) is 0 Å². The highest BCUT2D eigenvalue weighted by molar-refractivity contribution is 5.34. The zero-order valence-corrected chi connectivity index (χ0v) is 11.1. The van der Waals surface area contributed by atoms with Gasteiger partial charge < -0.3 is 5.32 Å². The average Bonchev–Trinajstić information content (AvgIpc) is 2.74. The normalized spacial score (nSPS) is 15.0. The fourth-order valence-corrected chi connectivity index (χ4v) is 2.49. The molecular formula is C14H19F3N2. The third-order valence-electron chi connectivity index (χ3n) is 3.25. The molecule has 1 heterocycles. The van der Waals surface area contributed by atoms with E-state index in [4.69, 9.17) is 0 Å². The monoisotopic (exact) mass is 272 g/mol. The molecule has 0 aliphatic carbocycles. The molecule has 0 fully saturated rings. The molecule has 2 nitrogen and oxygen atoms in total. The number of hydrogen-bond donors (Lipinski definition) is 1. The molecule has 0 aromatic heterocycles. The van der Waals surface area contributed by atoms with Crippen molar-refractivity contribution in [3.63, 3.8) is 0 Å². The van der Waals surface area contributed by atoms with Gasteiger partial charge in [0.25, 0.3) is 0 Å². The van der Waals surface area contributed by atoms with E-state index in [0.29, 0.717) is 13.1 Å². The Balaban J connectivity index is 2.04. The Morgan fingerprint density at radius 2 is 1.95 bits per heavy atom. The van der Waals surface area contributed by atoms with Gasteiger partial charge in [-0.1, -0.05) is 25.1 Å². The summed E-state index contributed by atoms with van der Waals surface area (Å²) in [6.45, 7) is 3.56. The van der Waals surface area contributed by atoms with Crippen molar-refractivity contribution < 1.29 is 13.2 Å². The highest BCUT2D eigenvalue weighted by atomic mass is 19.4. The number of nitrogens with zero attached hydrogens (tertiary/aromatic N) is 1. The van der Waals surface area contributed by atoms with Gasteiger partial charge >= 0.3 is 6.18 Å². The lowest BCUT2D eigenvalue weighted by molar-refractivity contribution is -0.147. The Bertz CT molecular complexity index is 429. The van der Waals surface area contributed by atoms with Gasteiger partial charge in [-0.2, -0.15) is 13.2 Å². The molecule has 19 heavy (non-hydrogen) atoms. The predicted octanol–water partition coefficient (Wildman–Crippen LogP) is 3.06. The second-order valence-corrected chi connectivity index (χ2v) is 5.03. The smallest absolute Gasteiger partial charge is 0.309 e. The molecule has 5 heteroatoms. The molecule has 0 saturated heterocycles. The lowest BCUT2D eigenvalue weighted by Gasteiger charge is -2.23. The topological polar surface area (TPSA) is 15.3 Å². The fourth-order valence-electron chi connectivity index (χ4n) is 2.49. The van der Waals surface area contributed by atoms with Gasteiger partial charge in [0.15, 0.2) is 0 Å². The molecule has 0 atom stereocenters. The summed E-state index contributed by atoms with van der Waals surface area (Å²) in [7, 11) is 0. The van der Waals surface area contributed by atoms with Gasteiger partial charge in [0.2, 0.25) is 0 Å². The zero-order valence-electron chi connectivity index (χ0n) is 11.1. The number of alkyl halides is 3. The average molecular weight is 272 g/mol. The fraction of sp³-hybridized carbons (Fsp3) is 0.571. The van der Waals surface area contributed by atoms with E-state index in [9.17, 15) is 13.2 Å². The summed E-state index contributed by atoms with van der Waals surface area (Å²) in [5.41, 5.74) is 3.42. The van der Waals surface area contributed by atoms with Crippen molar-refractivity contribution in [3.05, 3.63) is 34.9 Å². The van der Waals surface area contributed by atoms with Crippen molar-refractivity contribution in [1.29, 1.82) is 0 Å². The molecule has 2 rings (SSSR count). The van der Waals surface area contributed by atoms with Crippen molar-refractivity contribution in [2.24, 2.45) is 0 Å². The van der Waals surface area contributed by atoms with Crippen LogP contribution in [0.5, 0.6) is 0 Å². The Kier molecular flexibility index (Phi) is 4.47. The van der Waals surface area contributed by atoms with E-state index in [1.165, 1.54) is 16.0 Å². The highest BCUT2D eigenvalue weighted by Crippen LogP contribution is 2.21. The van der Waals surface area contributed by atoms with Crippen LogP contribution in [0, 0.1) is 0 Å². The van der Waals surface area contributed by atoms with E-state index in [2.05, 4.69) is 5.32 Å². The molecule has 0 bridgehead atoms. The van der Waals surface area contributed by atoms with Crippen LogP contribution >= 0.6 is 0 Å². The quantitative estimate of drug-likeness (QED) is 0.886. The van der Waals surface area contributed by atoms with Gasteiger partial charge in [0, 0.05) is 19.6 Å².